The van der Waals surface area contributed by atoms with Crippen LogP contribution in [-0.4, -0.2) is 11.1 Å². The molecule has 0 aliphatic carbocycles. The number of carbonyl (C=O) groups is 1. The Morgan fingerprint density at radius 3 is 2.47 bits per heavy atom. The summed E-state index contributed by atoms with van der Waals surface area (Å²) in [5.74, 6) is -0.638. The Morgan fingerprint density at radius 1 is 1.21 bits per heavy atom. The van der Waals surface area contributed by atoms with Crippen molar-refractivity contribution in [1.82, 2.24) is 0 Å². The molecule has 2 rings (SSSR count). The Labute approximate surface area is 110 Å². The molecule has 0 aromatic heterocycles. The number of aromatic carboxylic acids is 1. The molecule has 0 fully saturated rings. The van der Waals surface area contributed by atoms with Gasteiger partial charge in [-0.1, -0.05) is 12.1 Å². The maximum atomic E-state index is 12.9. The first-order valence-electron chi connectivity index (χ1n) is 5.77. The molecule has 0 radical (unpaired) electrons. The molecule has 0 atom stereocenters. The first kappa shape index (κ1) is 13.1. The van der Waals surface area contributed by atoms with E-state index >= 15 is 0 Å². The van der Waals surface area contributed by atoms with E-state index in [1.54, 1.807) is 25.1 Å². The minimum absolute atomic E-state index is 0.238. The number of rotatable bonds is 4. The summed E-state index contributed by atoms with van der Waals surface area (Å²) in [7, 11) is 0. The highest BCUT2D eigenvalue weighted by atomic mass is 19.1. The molecule has 2 aromatic carbocycles. The molecule has 19 heavy (non-hydrogen) atoms. The van der Waals surface area contributed by atoms with Gasteiger partial charge in [-0.05, 0) is 48.4 Å². The van der Waals surface area contributed by atoms with E-state index in [4.69, 9.17) is 9.84 Å². The summed E-state index contributed by atoms with van der Waals surface area (Å²) in [6, 6.07) is 10.8. The number of carboxylic acid groups (broad SMARTS) is 1. The van der Waals surface area contributed by atoms with Gasteiger partial charge in [0.1, 0.15) is 18.2 Å². The number of benzene rings is 2. The molecule has 0 amide bonds. The highest BCUT2D eigenvalue weighted by Crippen LogP contribution is 2.19. The van der Waals surface area contributed by atoms with E-state index in [1.165, 1.54) is 24.3 Å². The lowest BCUT2D eigenvalue weighted by Crippen LogP contribution is -1.99. The summed E-state index contributed by atoms with van der Waals surface area (Å²) in [4.78, 5) is 10.7. The van der Waals surface area contributed by atoms with Crippen LogP contribution in [0.15, 0.2) is 42.5 Å². The predicted octanol–water partition coefficient (Wildman–Crippen LogP) is 3.41. The quantitative estimate of drug-likeness (QED) is 0.916. The third-order valence-corrected chi connectivity index (χ3v) is 2.73. The molecular formula is C15H13FO3. The molecule has 3 nitrogen and oxygen atoms in total. The molecule has 0 bridgehead atoms. The van der Waals surface area contributed by atoms with Crippen molar-refractivity contribution in [3.05, 3.63) is 65.0 Å². The second-order valence-corrected chi connectivity index (χ2v) is 4.20. The van der Waals surface area contributed by atoms with Crippen molar-refractivity contribution < 1.29 is 19.0 Å². The molecule has 0 saturated carbocycles. The van der Waals surface area contributed by atoms with Gasteiger partial charge in [0.25, 0.3) is 0 Å². The number of halogens is 1. The van der Waals surface area contributed by atoms with Gasteiger partial charge in [0, 0.05) is 0 Å². The topological polar surface area (TPSA) is 46.5 Å². The number of aryl methyl sites for hydroxylation is 1. The Morgan fingerprint density at radius 2 is 1.89 bits per heavy atom. The van der Waals surface area contributed by atoms with Crippen LogP contribution < -0.4 is 4.74 Å². The van der Waals surface area contributed by atoms with Crippen LogP contribution >= 0.6 is 0 Å². The van der Waals surface area contributed by atoms with E-state index in [9.17, 15) is 9.18 Å². The zero-order valence-electron chi connectivity index (χ0n) is 10.4. The highest BCUT2D eigenvalue weighted by Gasteiger charge is 2.04. The van der Waals surface area contributed by atoms with Crippen molar-refractivity contribution in [1.29, 1.82) is 0 Å². The highest BCUT2D eigenvalue weighted by molar-refractivity contribution is 5.87. The fraction of sp³-hybridized carbons (Fsp3) is 0.133. The van der Waals surface area contributed by atoms with E-state index in [1.807, 2.05) is 0 Å². The van der Waals surface area contributed by atoms with Crippen LogP contribution in [0.5, 0.6) is 5.75 Å². The molecule has 0 spiro atoms. The summed E-state index contributed by atoms with van der Waals surface area (Å²) in [6.45, 7) is 2.08. The van der Waals surface area contributed by atoms with Crippen molar-refractivity contribution in [2.45, 2.75) is 13.5 Å². The van der Waals surface area contributed by atoms with Crippen molar-refractivity contribution >= 4 is 5.97 Å². The minimum Gasteiger partial charge on any atom is -0.489 e. The molecule has 2 aromatic rings. The average molecular weight is 260 g/mol. The normalized spacial score (nSPS) is 10.2. The maximum absolute atomic E-state index is 12.9. The second kappa shape index (κ2) is 5.52. The van der Waals surface area contributed by atoms with Gasteiger partial charge < -0.3 is 9.84 Å². The lowest BCUT2D eigenvalue weighted by molar-refractivity contribution is 0.0697. The van der Waals surface area contributed by atoms with Crippen LogP contribution in [0, 0.1) is 12.7 Å². The van der Waals surface area contributed by atoms with Crippen LogP contribution in [0.2, 0.25) is 0 Å². The summed E-state index contributed by atoms with van der Waals surface area (Å²) in [5, 5.41) is 8.78. The molecule has 0 aliphatic heterocycles. The smallest absolute Gasteiger partial charge is 0.335 e. The molecule has 0 saturated heterocycles. The van der Waals surface area contributed by atoms with Crippen molar-refractivity contribution in [3.8, 4) is 5.75 Å². The number of hydrogen-bond acceptors (Lipinski definition) is 2. The Balaban J connectivity index is 2.04. The minimum atomic E-state index is -0.957. The summed E-state index contributed by atoms with van der Waals surface area (Å²) >= 11 is 0. The Hall–Kier alpha value is -2.36. The Kier molecular flexibility index (Phi) is 3.80. The van der Waals surface area contributed by atoms with Gasteiger partial charge in [0.15, 0.2) is 0 Å². The Bertz CT molecular complexity index is 591. The molecule has 0 unspecified atom stereocenters. The number of carboxylic acids is 1. The van der Waals surface area contributed by atoms with Crippen LogP contribution in [0.4, 0.5) is 4.39 Å². The van der Waals surface area contributed by atoms with Gasteiger partial charge in [-0.25, -0.2) is 9.18 Å². The fourth-order valence-electron chi connectivity index (χ4n) is 1.68. The van der Waals surface area contributed by atoms with Crippen LogP contribution in [0.3, 0.4) is 0 Å². The van der Waals surface area contributed by atoms with E-state index in [2.05, 4.69) is 0 Å². The summed E-state index contributed by atoms with van der Waals surface area (Å²) < 4.78 is 18.5. The van der Waals surface area contributed by atoms with Crippen LogP contribution in [0.25, 0.3) is 0 Å². The fourth-order valence-corrected chi connectivity index (χ4v) is 1.68. The molecule has 0 aliphatic rings. The lowest BCUT2D eigenvalue weighted by Gasteiger charge is -2.09. The largest absolute Gasteiger partial charge is 0.489 e. The van der Waals surface area contributed by atoms with Crippen LogP contribution in [-0.2, 0) is 6.61 Å². The predicted molar refractivity (Wildman–Crippen MR) is 68.9 cm³/mol. The maximum Gasteiger partial charge on any atom is 0.335 e. The monoisotopic (exact) mass is 260 g/mol. The van der Waals surface area contributed by atoms with Gasteiger partial charge in [-0.15, -0.1) is 0 Å². The van der Waals surface area contributed by atoms with Crippen LogP contribution in [0.1, 0.15) is 21.5 Å². The van der Waals surface area contributed by atoms with Gasteiger partial charge >= 0.3 is 5.97 Å². The molecule has 98 valence electrons. The first-order valence-corrected chi connectivity index (χ1v) is 5.77. The molecule has 4 heteroatoms. The lowest BCUT2D eigenvalue weighted by atomic mass is 10.1. The first-order chi connectivity index (χ1) is 9.06. The van der Waals surface area contributed by atoms with Crippen molar-refractivity contribution in [3.63, 3.8) is 0 Å². The summed E-state index contributed by atoms with van der Waals surface area (Å²) in [5.41, 5.74) is 1.82. The van der Waals surface area contributed by atoms with Gasteiger partial charge in [-0.3, -0.25) is 0 Å². The van der Waals surface area contributed by atoms with Gasteiger partial charge in [0.05, 0.1) is 5.56 Å². The molecular weight excluding hydrogens is 247 g/mol. The zero-order chi connectivity index (χ0) is 13.8. The van der Waals surface area contributed by atoms with Gasteiger partial charge in [-0.2, -0.15) is 0 Å². The third-order valence-electron chi connectivity index (χ3n) is 2.73. The number of hydrogen-bond donors (Lipinski definition) is 1. The standard InChI is InChI=1S/C15H13FO3/c1-10-8-13(16)6-7-14(10)19-9-11-2-4-12(5-3-11)15(17)18/h2-8H,9H2,1H3,(H,17,18). The SMILES string of the molecule is Cc1cc(F)ccc1OCc1ccc(C(=O)O)cc1. The number of ether oxygens (including phenoxy) is 1. The van der Waals surface area contributed by atoms with E-state index in [0.29, 0.717) is 12.4 Å². The van der Waals surface area contributed by atoms with Gasteiger partial charge in [0.2, 0.25) is 0 Å². The average Bonchev–Trinajstić information content (AvgIpc) is 2.38. The molecule has 1 N–H and O–H groups in total. The zero-order valence-corrected chi connectivity index (χ0v) is 10.4. The summed E-state index contributed by atoms with van der Waals surface area (Å²) in [6.07, 6.45) is 0. The van der Waals surface area contributed by atoms with Crippen molar-refractivity contribution in [2.75, 3.05) is 0 Å². The third kappa shape index (κ3) is 3.31. The van der Waals surface area contributed by atoms with Crippen molar-refractivity contribution in [2.24, 2.45) is 0 Å². The van der Waals surface area contributed by atoms with E-state index < -0.39 is 5.97 Å². The van der Waals surface area contributed by atoms with E-state index in [-0.39, 0.29) is 11.4 Å². The molecule has 0 heterocycles. The second-order valence-electron chi connectivity index (χ2n) is 4.20. The van der Waals surface area contributed by atoms with E-state index in [0.717, 1.165) is 11.1 Å².